The van der Waals surface area contributed by atoms with E-state index < -0.39 is 0 Å². The number of hydrogen-bond donors (Lipinski definition) is 1. The molecule has 0 aliphatic carbocycles. The van der Waals surface area contributed by atoms with Crippen LogP contribution in [0.25, 0.3) is 0 Å². The normalized spacial score (nSPS) is 15.2. The third-order valence-electron chi connectivity index (χ3n) is 3.42. The first-order chi connectivity index (χ1) is 9.72. The standard InChI is InChI=1S/C14H21N3O3/c1-2-20-13-7-5-6-12(14(13)17(18)19)15-8-11-16-9-3-4-10-16/h5-7,15H,2-4,8-11H2,1H3. The Labute approximate surface area is 118 Å². The van der Waals surface area contributed by atoms with Crippen molar-refractivity contribution in [2.45, 2.75) is 19.8 Å². The van der Waals surface area contributed by atoms with Crippen LogP contribution in [-0.4, -0.2) is 42.6 Å². The van der Waals surface area contributed by atoms with Gasteiger partial charge in [0.1, 0.15) is 5.69 Å². The lowest BCUT2D eigenvalue weighted by Crippen LogP contribution is -2.26. The molecule has 0 radical (unpaired) electrons. The summed E-state index contributed by atoms with van der Waals surface area (Å²) in [5.41, 5.74) is 0.552. The molecule has 2 rings (SSSR count). The number of para-hydroxylation sites is 1. The highest BCUT2D eigenvalue weighted by molar-refractivity contribution is 5.68. The van der Waals surface area contributed by atoms with E-state index >= 15 is 0 Å². The third-order valence-corrected chi connectivity index (χ3v) is 3.42. The fourth-order valence-electron chi connectivity index (χ4n) is 2.48. The highest BCUT2D eigenvalue weighted by atomic mass is 16.6. The zero-order chi connectivity index (χ0) is 14.4. The average Bonchev–Trinajstić information content (AvgIpc) is 2.92. The summed E-state index contributed by atoms with van der Waals surface area (Å²) >= 11 is 0. The van der Waals surface area contributed by atoms with Crippen LogP contribution in [0.15, 0.2) is 18.2 Å². The molecule has 1 aromatic rings. The van der Waals surface area contributed by atoms with E-state index in [0.717, 1.165) is 19.6 Å². The molecule has 1 N–H and O–H groups in total. The number of nitro groups is 1. The molecular formula is C14H21N3O3. The van der Waals surface area contributed by atoms with Crippen LogP contribution in [-0.2, 0) is 0 Å². The quantitative estimate of drug-likeness (QED) is 0.613. The molecule has 0 aromatic heterocycles. The fraction of sp³-hybridized carbons (Fsp3) is 0.571. The highest BCUT2D eigenvalue weighted by Crippen LogP contribution is 2.34. The van der Waals surface area contributed by atoms with Crippen molar-refractivity contribution in [1.29, 1.82) is 0 Å². The Balaban J connectivity index is 2.01. The predicted molar refractivity (Wildman–Crippen MR) is 78.4 cm³/mol. The molecule has 1 aliphatic rings. The summed E-state index contributed by atoms with van der Waals surface area (Å²) < 4.78 is 5.33. The Hall–Kier alpha value is -1.82. The minimum atomic E-state index is -0.386. The van der Waals surface area contributed by atoms with Gasteiger partial charge in [-0.15, -0.1) is 0 Å². The summed E-state index contributed by atoms with van der Waals surface area (Å²) in [6, 6.07) is 5.13. The van der Waals surface area contributed by atoms with Crippen LogP contribution in [0, 0.1) is 10.1 Å². The van der Waals surface area contributed by atoms with Crippen molar-refractivity contribution in [2.75, 3.05) is 38.1 Å². The second-order valence-corrected chi connectivity index (χ2v) is 4.82. The first-order valence-electron chi connectivity index (χ1n) is 7.08. The van der Waals surface area contributed by atoms with Gasteiger partial charge in [-0.1, -0.05) is 6.07 Å². The van der Waals surface area contributed by atoms with Crippen LogP contribution in [0.4, 0.5) is 11.4 Å². The maximum absolute atomic E-state index is 11.2. The lowest BCUT2D eigenvalue weighted by Gasteiger charge is -2.15. The molecule has 0 atom stereocenters. The van der Waals surface area contributed by atoms with Gasteiger partial charge in [0.25, 0.3) is 0 Å². The van der Waals surface area contributed by atoms with Crippen LogP contribution in [0.3, 0.4) is 0 Å². The zero-order valence-electron chi connectivity index (χ0n) is 11.8. The number of hydrogen-bond acceptors (Lipinski definition) is 5. The zero-order valence-corrected chi connectivity index (χ0v) is 11.8. The molecule has 0 unspecified atom stereocenters. The predicted octanol–water partition coefficient (Wildman–Crippen LogP) is 2.50. The van der Waals surface area contributed by atoms with Gasteiger partial charge in [0.15, 0.2) is 5.75 Å². The second-order valence-electron chi connectivity index (χ2n) is 4.82. The number of anilines is 1. The fourth-order valence-corrected chi connectivity index (χ4v) is 2.48. The van der Waals surface area contributed by atoms with Crippen LogP contribution >= 0.6 is 0 Å². The summed E-state index contributed by atoms with van der Waals surface area (Å²) in [7, 11) is 0. The molecule has 0 spiro atoms. The number of nitro benzene ring substituents is 1. The molecule has 20 heavy (non-hydrogen) atoms. The van der Waals surface area contributed by atoms with Crippen LogP contribution < -0.4 is 10.1 Å². The first-order valence-corrected chi connectivity index (χ1v) is 7.08. The van der Waals surface area contributed by atoms with Crippen molar-refractivity contribution in [1.82, 2.24) is 4.90 Å². The lowest BCUT2D eigenvalue weighted by molar-refractivity contribution is -0.384. The van der Waals surface area contributed by atoms with E-state index in [1.165, 1.54) is 12.8 Å². The first kappa shape index (κ1) is 14.6. The van der Waals surface area contributed by atoms with E-state index in [2.05, 4.69) is 10.2 Å². The molecule has 1 saturated heterocycles. The van der Waals surface area contributed by atoms with Gasteiger partial charge >= 0.3 is 5.69 Å². The molecule has 0 amide bonds. The van der Waals surface area contributed by atoms with E-state index in [-0.39, 0.29) is 10.6 Å². The van der Waals surface area contributed by atoms with Crippen molar-refractivity contribution in [3.63, 3.8) is 0 Å². The Bertz CT molecular complexity index is 459. The Morgan fingerprint density at radius 2 is 2.15 bits per heavy atom. The van der Waals surface area contributed by atoms with Gasteiger partial charge in [0, 0.05) is 13.1 Å². The number of nitrogens with one attached hydrogen (secondary N) is 1. The minimum absolute atomic E-state index is 0.0239. The smallest absolute Gasteiger partial charge is 0.333 e. The molecule has 1 fully saturated rings. The molecule has 1 aromatic carbocycles. The molecule has 0 saturated carbocycles. The summed E-state index contributed by atoms with van der Waals surface area (Å²) in [6.45, 7) is 6.10. The molecule has 6 nitrogen and oxygen atoms in total. The molecule has 1 heterocycles. The van der Waals surface area contributed by atoms with E-state index in [1.807, 2.05) is 6.92 Å². The van der Waals surface area contributed by atoms with Crippen molar-refractivity contribution in [3.05, 3.63) is 28.3 Å². The Morgan fingerprint density at radius 3 is 2.80 bits per heavy atom. The van der Waals surface area contributed by atoms with Crippen molar-refractivity contribution in [2.24, 2.45) is 0 Å². The Kier molecular flexibility index (Phi) is 5.17. The minimum Gasteiger partial charge on any atom is -0.487 e. The summed E-state index contributed by atoms with van der Waals surface area (Å²) in [4.78, 5) is 13.2. The number of likely N-dealkylation sites (tertiary alicyclic amines) is 1. The summed E-state index contributed by atoms with van der Waals surface area (Å²) in [5, 5.41) is 14.4. The topological polar surface area (TPSA) is 67.6 Å². The van der Waals surface area contributed by atoms with Gasteiger partial charge in [-0.25, -0.2) is 0 Å². The van der Waals surface area contributed by atoms with Gasteiger partial charge in [-0.3, -0.25) is 10.1 Å². The van der Waals surface area contributed by atoms with Crippen molar-refractivity contribution in [3.8, 4) is 5.75 Å². The van der Waals surface area contributed by atoms with Gasteiger partial charge in [0.2, 0.25) is 0 Å². The Morgan fingerprint density at radius 1 is 1.40 bits per heavy atom. The SMILES string of the molecule is CCOc1cccc(NCCN2CCCC2)c1[N+](=O)[O-]. The molecule has 1 aliphatic heterocycles. The van der Waals surface area contributed by atoms with E-state index in [9.17, 15) is 10.1 Å². The largest absolute Gasteiger partial charge is 0.487 e. The molecule has 0 bridgehead atoms. The van der Waals surface area contributed by atoms with Crippen molar-refractivity contribution < 1.29 is 9.66 Å². The van der Waals surface area contributed by atoms with Crippen LogP contribution in [0.5, 0.6) is 5.75 Å². The van der Waals surface area contributed by atoms with E-state index in [1.54, 1.807) is 18.2 Å². The maximum atomic E-state index is 11.2. The lowest BCUT2D eigenvalue weighted by atomic mass is 10.2. The molecule has 110 valence electrons. The van der Waals surface area contributed by atoms with Gasteiger partial charge in [-0.2, -0.15) is 0 Å². The summed E-state index contributed by atoms with van der Waals surface area (Å²) in [6.07, 6.45) is 2.50. The van der Waals surface area contributed by atoms with Gasteiger partial charge in [0.05, 0.1) is 11.5 Å². The maximum Gasteiger partial charge on any atom is 0.333 e. The van der Waals surface area contributed by atoms with E-state index in [0.29, 0.717) is 24.6 Å². The van der Waals surface area contributed by atoms with Gasteiger partial charge in [-0.05, 0) is 45.0 Å². The van der Waals surface area contributed by atoms with E-state index in [4.69, 9.17) is 4.74 Å². The van der Waals surface area contributed by atoms with Crippen molar-refractivity contribution >= 4 is 11.4 Å². The van der Waals surface area contributed by atoms with Gasteiger partial charge < -0.3 is 15.0 Å². The molecule has 6 heteroatoms. The summed E-state index contributed by atoms with van der Waals surface area (Å²) in [5.74, 6) is 0.323. The number of ether oxygens (including phenoxy) is 1. The number of benzene rings is 1. The van der Waals surface area contributed by atoms with Crippen LogP contribution in [0.1, 0.15) is 19.8 Å². The molecular weight excluding hydrogens is 258 g/mol. The number of rotatable bonds is 7. The monoisotopic (exact) mass is 279 g/mol. The van der Waals surface area contributed by atoms with Crippen LogP contribution in [0.2, 0.25) is 0 Å². The highest BCUT2D eigenvalue weighted by Gasteiger charge is 2.20. The average molecular weight is 279 g/mol. The second kappa shape index (κ2) is 7.09. The third kappa shape index (κ3) is 3.60. The number of nitrogens with zero attached hydrogens (tertiary/aromatic N) is 2.